The second-order valence-electron chi connectivity index (χ2n) is 5.69. The van der Waals surface area contributed by atoms with Crippen molar-refractivity contribution in [3.8, 4) is 0 Å². The highest BCUT2D eigenvalue weighted by atomic mass is 32.2. The van der Waals surface area contributed by atoms with Crippen LogP contribution in [-0.2, 0) is 16.4 Å². The van der Waals surface area contributed by atoms with Crippen LogP contribution in [0.25, 0.3) is 0 Å². The zero-order chi connectivity index (χ0) is 16.6. The fraction of sp³-hybridized carbons (Fsp3) is 0.333. The molecule has 1 aromatic carbocycles. The standard InChI is InChI=1S/C15H17N3O4S/c1-23(21,22)17-11-6-5-10-3-2-4-13(12(10)7-11)18-9-16-8-14(18)15(19)20/h5-9,13,17H,2-4H2,1H3,(H,19,20). The van der Waals surface area contributed by atoms with Crippen LogP contribution in [0.4, 0.5) is 5.69 Å². The third kappa shape index (κ3) is 3.21. The van der Waals surface area contributed by atoms with Crippen molar-refractivity contribution >= 4 is 21.7 Å². The molecule has 0 bridgehead atoms. The second kappa shape index (κ2) is 5.69. The summed E-state index contributed by atoms with van der Waals surface area (Å²) >= 11 is 0. The lowest BCUT2D eigenvalue weighted by atomic mass is 9.87. The van der Waals surface area contributed by atoms with E-state index in [9.17, 15) is 18.3 Å². The molecular formula is C15H17N3O4S. The summed E-state index contributed by atoms with van der Waals surface area (Å²) in [6.45, 7) is 0. The summed E-state index contributed by atoms with van der Waals surface area (Å²) in [5.41, 5.74) is 2.65. The highest BCUT2D eigenvalue weighted by Crippen LogP contribution is 2.35. The second-order valence-corrected chi connectivity index (χ2v) is 7.44. The number of anilines is 1. The van der Waals surface area contributed by atoms with Gasteiger partial charge in [-0.15, -0.1) is 0 Å². The van der Waals surface area contributed by atoms with Gasteiger partial charge in [-0.3, -0.25) is 4.72 Å². The van der Waals surface area contributed by atoms with E-state index < -0.39 is 16.0 Å². The average molecular weight is 335 g/mol. The van der Waals surface area contributed by atoms with Gasteiger partial charge in [0.2, 0.25) is 10.0 Å². The lowest BCUT2D eigenvalue weighted by Gasteiger charge is -2.28. The number of carboxylic acid groups (broad SMARTS) is 1. The maximum absolute atomic E-state index is 11.4. The van der Waals surface area contributed by atoms with Crippen molar-refractivity contribution in [2.45, 2.75) is 25.3 Å². The van der Waals surface area contributed by atoms with Crippen molar-refractivity contribution in [1.29, 1.82) is 0 Å². The Bertz CT molecular complexity index is 857. The molecule has 0 aliphatic heterocycles. The molecule has 1 aliphatic rings. The zero-order valence-electron chi connectivity index (χ0n) is 12.6. The lowest BCUT2D eigenvalue weighted by molar-refractivity contribution is 0.0683. The molecular weight excluding hydrogens is 318 g/mol. The quantitative estimate of drug-likeness (QED) is 0.888. The number of hydrogen-bond donors (Lipinski definition) is 2. The molecule has 3 rings (SSSR count). The summed E-state index contributed by atoms with van der Waals surface area (Å²) in [5.74, 6) is -1.03. The van der Waals surface area contributed by atoms with Gasteiger partial charge in [-0.1, -0.05) is 6.07 Å². The van der Waals surface area contributed by atoms with E-state index >= 15 is 0 Å². The van der Waals surface area contributed by atoms with Gasteiger partial charge in [0.1, 0.15) is 5.69 Å². The molecule has 7 nitrogen and oxygen atoms in total. The molecule has 1 aromatic heterocycles. The molecule has 0 fully saturated rings. The van der Waals surface area contributed by atoms with E-state index in [4.69, 9.17) is 0 Å². The summed E-state index contributed by atoms with van der Waals surface area (Å²) < 4.78 is 26.9. The van der Waals surface area contributed by atoms with Gasteiger partial charge in [0.05, 0.1) is 24.8 Å². The Morgan fingerprint density at radius 1 is 1.43 bits per heavy atom. The minimum Gasteiger partial charge on any atom is -0.477 e. The Balaban J connectivity index is 2.05. The number of sulfonamides is 1. The van der Waals surface area contributed by atoms with Crippen LogP contribution in [0.1, 0.15) is 40.5 Å². The Morgan fingerprint density at radius 3 is 2.91 bits per heavy atom. The number of fused-ring (bicyclic) bond motifs is 1. The van der Waals surface area contributed by atoms with E-state index in [0.29, 0.717) is 5.69 Å². The normalized spacial score (nSPS) is 17.5. The molecule has 2 aromatic rings. The number of aromatic carboxylic acids is 1. The Labute approximate surface area is 134 Å². The molecule has 0 saturated heterocycles. The van der Waals surface area contributed by atoms with Crippen molar-refractivity contribution in [2.75, 3.05) is 11.0 Å². The van der Waals surface area contributed by atoms with Crippen molar-refractivity contribution in [1.82, 2.24) is 9.55 Å². The van der Waals surface area contributed by atoms with E-state index in [0.717, 1.165) is 36.6 Å². The topological polar surface area (TPSA) is 101 Å². The first-order valence-electron chi connectivity index (χ1n) is 7.21. The van der Waals surface area contributed by atoms with Crippen LogP contribution >= 0.6 is 0 Å². The fourth-order valence-corrected chi connectivity index (χ4v) is 3.61. The number of aryl methyl sites for hydroxylation is 1. The predicted molar refractivity (Wildman–Crippen MR) is 85.2 cm³/mol. The van der Waals surface area contributed by atoms with Gasteiger partial charge in [-0.05, 0) is 42.5 Å². The monoisotopic (exact) mass is 335 g/mol. The van der Waals surface area contributed by atoms with Crippen molar-refractivity contribution < 1.29 is 18.3 Å². The average Bonchev–Trinajstić information content (AvgIpc) is 2.94. The molecule has 0 radical (unpaired) electrons. The lowest BCUT2D eigenvalue weighted by Crippen LogP contribution is -2.21. The minimum atomic E-state index is -3.36. The largest absolute Gasteiger partial charge is 0.477 e. The first-order valence-corrected chi connectivity index (χ1v) is 9.10. The molecule has 8 heteroatoms. The van der Waals surface area contributed by atoms with Crippen LogP contribution in [0.3, 0.4) is 0 Å². The number of nitrogens with one attached hydrogen (secondary N) is 1. The van der Waals surface area contributed by atoms with Gasteiger partial charge in [0, 0.05) is 5.69 Å². The first-order chi connectivity index (χ1) is 10.8. The van der Waals surface area contributed by atoms with Gasteiger partial charge in [0.15, 0.2) is 0 Å². The van der Waals surface area contributed by atoms with Crippen LogP contribution in [0.15, 0.2) is 30.7 Å². The van der Waals surface area contributed by atoms with Crippen molar-refractivity contribution in [3.63, 3.8) is 0 Å². The maximum Gasteiger partial charge on any atom is 0.354 e. The summed E-state index contributed by atoms with van der Waals surface area (Å²) in [7, 11) is -3.36. The number of benzene rings is 1. The summed E-state index contributed by atoms with van der Waals surface area (Å²) in [5, 5.41) is 9.29. The van der Waals surface area contributed by atoms with Crippen molar-refractivity contribution in [2.24, 2.45) is 0 Å². The van der Waals surface area contributed by atoms with Gasteiger partial charge < -0.3 is 9.67 Å². The van der Waals surface area contributed by atoms with E-state index in [1.54, 1.807) is 16.7 Å². The predicted octanol–water partition coefficient (Wildman–Crippen LogP) is 1.88. The highest BCUT2D eigenvalue weighted by molar-refractivity contribution is 7.92. The van der Waals surface area contributed by atoms with Crippen LogP contribution in [0.5, 0.6) is 0 Å². The third-order valence-electron chi connectivity index (χ3n) is 3.95. The Kier molecular flexibility index (Phi) is 3.85. The van der Waals surface area contributed by atoms with Crippen molar-refractivity contribution in [3.05, 3.63) is 47.5 Å². The fourth-order valence-electron chi connectivity index (χ4n) is 3.06. The Morgan fingerprint density at radius 2 is 2.22 bits per heavy atom. The van der Waals surface area contributed by atoms with Crippen LogP contribution in [-0.4, -0.2) is 35.3 Å². The Hall–Kier alpha value is -2.35. The van der Waals surface area contributed by atoms with E-state index in [1.165, 1.54) is 12.5 Å². The molecule has 2 N–H and O–H groups in total. The molecule has 0 spiro atoms. The third-order valence-corrected chi connectivity index (χ3v) is 4.56. The SMILES string of the molecule is CS(=O)(=O)Nc1ccc2c(c1)C(n1cncc1C(=O)O)CCC2. The van der Waals surface area contributed by atoms with E-state index in [2.05, 4.69) is 9.71 Å². The first kappa shape index (κ1) is 15.5. The smallest absolute Gasteiger partial charge is 0.354 e. The molecule has 122 valence electrons. The molecule has 0 amide bonds. The summed E-state index contributed by atoms with van der Waals surface area (Å²) in [4.78, 5) is 15.3. The number of nitrogens with zero attached hydrogens (tertiary/aromatic N) is 2. The molecule has 1 aliphatic carbocycles. The van der Waals surface area contributed by atoms with Gasteiger partial charge in [-0.2, -0.15) is 0 Å². The molecule has 1 atom stereocenters. The summed E-state index contributed by atoms with van der Waals surface area (Å²) in [6.07, 6.45) is 6.55. The van der Waals surface area contributed by atoms with E-state index in [1.807, 2.05) is 6.07 Å². The van der Waals surface area contributed by atoms with Crippen LogP contribution < -0.4 is 4.72 Å². The molecule has 1 unspecified atom stereocenters. The highest BCUT2D eigenvalue weighted by Gasteiger charge is 2.25. The number of carbonyl (C=O) groups is 1. The number of aromatic nitrogens is 2. The molecule has 0 saturated carbocycles. The van der Waals surface area contributed by atoms with Crippen LogP contribution in [0, 0.1) is 0 Å². The number of hydrogen-bond acceptors (Lipinski definition) is 4. The van der Waals surface area contributed by atoms with Gasteiger partial charge in [0.25, 0.3) is 0 Å². The minimum absolute atomic E-state index is 0.129. The van der Waals surface area contributed by atoms with Gasteiger partial charge >= 0.3 is 5.97 Å². The van der Waals surface area contributed by atoms with Gasteiger partial charge in [-0.25, -0.2) is 18.2 Å². The van der Waals surface area contributed by atoms with E-state index in [-0.39, 0.29) is 11.7 Å². The number of imidazole rings is 1. The number of carboxylic acids is 1. The molecule has 23 heavy (non-hydrogen) atoms. The van der Waals surface area contributed by atoms with Crippen LogP contribution in [0.2, 0.25) is 0 Å². The maximum atomic E-state index is 11.4. The summed E-state index contributed by atoms with van der Waals surface area (Å²) in [6, 6.07) is 5.25. The zero-order valence-corrected chi connectivity index (χ0v) is 13.4. The number of rotatable bonds is 4. The molecule has 1 heterocycles.